The fourth-order valence-electron chi connectivity index (χ4n) is 18.6. The Kier molecular flexibility index (Phi) is 38.1. The van der Waals surface area contributed by atoms with Gasteiger partial charge < -0.3 is 78.7 Å². The molecule has 0 bridgehead atoms. The summed E-state index contributed by atoms with van der Waals surface area (Å²) in [6.45, 7) is 38.7. The molecule has 4 rings (SSSR count). The number of rotatable bonds is 44. The van der Waals surface area contributed by atoms with E-state index in [1.165, 1.54) is 0 Å². The van der Waals surface area contributed by atoms with Gasteiger partial charge in [0, 0.05) is 65.0 Å². The molecule has 0 aromatic carbocycles. The van der Waals surface area contributed by atoms with Crippen LogP contribution in [0.2, 0.25) is 0 Å². The minimum Gasteiger partial charge on any atom is -0.466 e. The van der Waals surface area contributed by atoms with Gasteiger partial charge in [-0.1, -0.05) is 104 Å². The third-order valence-electron chi connectivity index (χ3n) is 21.7. The summed E-state index contributed by atoms with van der Waals surface area (Å²) in [5.74, 6) is -0.788. The molecule has 10 atom stereocenters. The average molecular weight is 1520 g/mol. The van der Waals surface area contributed by atoms with E-state index in [1.807, 2.05) is 20.8 Å². The lowest BCUT2D eigenvalue weighted by Gasteiger charge is -2.47. The van der Waals surface area contributed by atoms with E-state index in [0.29, 0.717) is 97.6 Å². The van der Waals surface area contributed by atoms with Gasteiger partial charge in [0.1, 0.15) is 19.8 Å². The van der Waals surface area contributed by atoms with Crippen LogP contribution in [0.25, 0.3) is 0 Å². The summed E-state index contributed by atoms with van der Waals surface area (Å²) in [6, 6.07) is 0. The van der Waals surface area contributed by atoms with Gasteiger partial charge in [0.15, 0.2) is 6.23 Å². The molecular weight excluding hydrogens is 1380 g/mol. The summed E-state index contributed by atoms with van der Waals surface area (Å²) in [5, 5.41) is 17.9. The molecule has 0 aliphatic heterocycles. The Hall–Kier alpha value is -5.89. The molecule has 0 aromatic rings. The van der Waals surface area contributed by atoms with Gasteiger partial charge in [0.2, 0.25) is 5.91 Å². The van der Waals surface area contributed by atoms with Crippen molar-refractivity contribution < 1.29 is 95.3 Å². The van der Waals surface area contributed by atoms with Crippen molar-refractivity contribution >= 4 is 54.3 Å². The monoisotopic (exact) mass is 1520 g/mol. The molecule has 26 nitrogen and oxygen atoms in total. The van der Waals surface area contributed by atoms with Crippen molar-refractivity contribution in [3.8, 4) is 0 Å². The van der Waals surface area contributed by atoms with Crippen LogP contribution in [-0.4, -0.2) is 180 Å². The van der Waals surface area contributed by atoms with Crippen LogP contribution in [0.5, 0.6) is 0 Å². The third-order valence-corrected chi connectivity index (χ3v) is 21.7. The van der Waals surface area contributed by atoms with Crippen molar-refractivity contribution in [1.29, 1.82) is 0 Å². The lowest BCUT2D eigenvalue weighted by Crippen LogP contribution is -2.47. The number of likely N-dealkylation sites (N-methyl/N-ethyl adjacent to an activating group) is 1. The van der Waals surface area contributed by atoms with Gasteiger partial charge in [0.05, 0.1) is 57.8 Å². The fourth-order valence-corrected chi connectivity index (χ4v) is 18.6. The second-order valence-corrected chi connectivity index (χ2v) is 37.5. The molecule has 4 fully saturated rings. The first-order chi connectivity index (χ1) is 49.9. The highest BCUT2D eigenvalue weighted by molar-refractivity contribution is 5.78. The molecular formula is C81H144N6O20. The van der Waals surface area contributed by atoms with Gasteiger partial charge in [-0.2, -0.15) is 0 Å². The topological polar surface area (TPSA) is 327 Å². The Balaban J connectivity index is 1.14. The number of ether oxygens (including phenoxy) is 11. The van der Waals surface area contributed by atoms with E-state index in [-0.39, 0.29) is 150 Å². The van der Waals surface area contributed by atoms with E-state index < -0.39 is 53.6 Å². The number of carbonyl (C=O) groups is 9. The smallest absolute Gasteiger partial charge is 0.466 e. The van der Waals surface area contributed by atoms with E-state index >= 15 is 0 Å². The van der Waals surface area contributed by atoms with Crippen LogP contribution in [0.4, 0.5) is 24.0 Å². The second-order valence-electron chi connectivity index (χ2n) is 37.5. The summed E-state index contributed by atoms with van der Waals surface area (Å²) >= 11 is 0. The fraction of sp³-hybridized carbons (Fsp3) is 0.889. The first-order valence-corrected chi connectivity index (χ1v) is 39.9. The number of nitrogens with one attached hydrogen (secondary N) is 6. The van der Waals surface area contributed by atoms with Crippen molar-refractivity contribution in [2.45, 2.75) is 271 Å². The standard InChI is InChI=1S/C81H144N6O20/c1-20-81(54-98-32-31-97-19,55-104-68(92)83-44-62-39-76(12,13)49-80(17,43-62)50-84-67(91)57(2)3)56-105-71(95)87-53-79(16)42-61(38-75(10,11)48-79)35-66(90)107-63(82-18)45-103-70(94)86-52-78(15)41-60(37-74(8,9)47-78)34-65(89)100-28-25-26-29-101-69(93)85-51-77(14)40-59(36-73(6,7)46-77)33-64(88)99-27-23-21-22-24-30-102-72(96)106-58(4)5/h57-63,82H,20-56H2,1-19H3,(H,83,92)(H,84,91)(H,85,93)(H,86,94)(H,87,95). The molecule has 0 saturated heterocycles. The normalized spacial score (nSPS) is 25.8. The third kappa shape index (κ3) is 37.6. The highest BCUT2D eigenvalue weighted by atomic mass is 16.7. The van der Waals surface area contributed by atoms with Crippen LogP contribution in [0, 0.1) is 78.3 Å². The number of alkyl carbamates (subject to hydrolysis) is 4. The summed E-state index contributed by atoms with van der Waals surface area (Å²) in [7, 11) is 3.20. The molecule has 618 valence electrons. The van der Waals surface area contributed by atoms with Crippen LogP contribution in [0.3, 0.4) is 0 Å². The van der Waals surface area contributed by atoms with Crippen LogP contribution in [0.1, 0.15) is 259 Å². The Bertz CT molecular complexity index is 2800. The number of hydrogen-bond donors (Lipinski definition) is 6. The van der Waals surface area contributed by atoms with Crippen LogP contribution in [0.15, 0.2) is 0 Å². The molecule has 4 aliphatic carbocycles. The predicted molar refractivity (Wildman–Crippen MR) is 408 cm³/mol. The first-order valence-electron chi connectivity index (χ1n) is 39.9. The molecule has 4 aliphatic rings. The largest absolute Gasteiger partial charge is 0.508 e. The summed E-state index contributed by atoms with van der Waals surface area (Å²) in [5.41, 5.74) is -2.28. The average Bonchev–Trinajstić information content (AvgIpc) is 0.819. The summed E-state index contributed by atoms with van der Waals surface area (Å²) in [6.07, 6.45) is 10.9. The summed E-state index contributed by atoms with van der Waals surface area (Å²) in [4.78, 5) is 117. The number of amides is 5. The lowest BCUT2D eigenvalue weighted by atomic mass is 9.60. The highest BCUT2D eigenvalue weighted by Crippen LogP contribution is 2.53. The van der Waals surface area contributed by atoms with Gasteiger partial charge in [-0.3, -0.25) is 24.5 Å². The Morgan fingerprint density at radius 1 is 0.411 bits per heavy atom. The van der Waals surface area contributed by atoms with Crippen LogP contribution >= 0.6 is 0 Å². The van der Waals surface area contributed by atoms with Crippen LogP contribution in [-0.2, 0) is 71.3 Å². The Labute approximate surface area is 641 Å². The van der Waals surface area contributed by atoms with E-state index in [2.05, 4.69) is 115 Å². The highest BCUT2D eigenvalue weighted by Gasteiger charge is 2.47. The number of methoxy groups -OCH3 is 1. The van der Waals surface area contributed by atoms with Gasteiger partial charge in [-0.25, -0.2) is 24.0 Å². The van der Waals surface area contributed by atoms with E-state index in [0.717, 1.165) is 83.5 Å². The molecule has 10 unspecified atom stereocenters. The molecule has 0 heterocycles. The minimum atomic E-state index is -0.907. The van der Waals surface area contributed by atoms with Crippen molar-refractivity contribution in [2.75, 3.05) is 113 Å². The van der Waals surface area contributed by atoms with Gasteiger partial charge in [-0.15, -0.1) is 0 Å². The maximum atomic E-state index is 13.6. The van der Waals surface area contributed by atoms with E-state index in [9.17, 15) is 43.2 Å². The molecule has 0 spiro atoms. The number of hydrogen-bond acceptors (Lipinski definition) is 21. The van der Waals surface area contributed by atoms with Crippen molar-refractivity contribution in [3.63, 3.8) is 0 Å². The van der Waals surface area contributed by atoms with Crippen LogP contribution < -0.4 is 31.9 Å². The van der Waals surface area contributed by atoms with Crippen molar-refractivity contribution in [2.24, 2.45) is 78.3 Å². The number of esters is 3. The zero-order valence-corrected chi connectivity index (χ0v) is 69.4. The maximum absolute atomic E-state index is 13.6. The Morgan fingerprint density at radius 2 is 0.794 bits per heavy atom. The maximum Gasteiger partial charge on any atom is 0.508 e. The number of carbonyl (C=O) groups excluding carboxylic acids is 9. The second kappa shape index (κ2) is 43.6. The molecule has 26 heteroatoms. The molecule has 107 heavy (non-hydrogen) atoms. The molecule has 5 amide bonds. The minimum absolute atomic E-state index is 0.0158. The molecule has 0 radical (unpaired) electrons. The zero-order chi connectivity index (χ0) is 79.9. The van der Waals surface area contributed by atoms with Gasteiger partial charge in [-0.05, 0) is 210 Å². The van der Waals surface area contributed by atoms with Gasteiger partial charge in [0.25, 0.3) is 0 Å². The predicted octanol–water partition coefficient (Wildman–Crippen LogP) is 14.3. The van der Waals surface area contributed by atoms with E-state index in [1.54, 1.807) is 28.0 Å². The van der Waals surface area contributed by atoms with Gasteiger partial charge >= 0.3 is 48.4 Å². The number of unbranched alkanes of at least 4 members (excludes halogenated alkanes) is 4. The molecule has 4 saturated carbocycles. The molecule has 0 aromatic heterocycles. The SMILES string of the molecule is CCC(COCCOC)(COC(=O)NCC1CC(C)(C)CC(C)(CNC(=O)C(C)C)C1)COC(=O)NCC1(C)CC(CC(=O)OC(COC(=O)NCC2(C)CC(CC(=O)OCCCCOC(=O)NCC3(C)CC(CC(=O)OCCCCCCOC(=O)OC(C)C)CC(C)(C)C3)CC(C)(C)C2)NC)CC(C)(C)C1. The van der Waals surface area contributed by atoms with Crippen molar-refractivity contribution in [3.05, 3.63) is 0 Å². The quantitative estimate of drug-likeness (QED) is 0.0143. The zero-order valence-electron chi connectivity index (χ0n) is 69.4. The molecule has 6 N–H and O–H groups in total. The first kappa shape index (κ1) is 93.5. The van der Waals surface area contributed by atoms with Crippen molar-refractivity contribution in [1.82, 2.24) is 31.9 Å². The van der Waals surface area contributed by atoms with E-state index in [4.69, 9.17) is 52.1 Å². The Morgan fingerprint density at radius 3 is 1.22 bits per heavy atom. The lowest BCUT2D eigenvalue weighted by molar-refractivity contribution is -0.155. The summed E-state index contributed by atoms with van der Waals surface area (Å²) < 4.78 is 61.2.